The number of aromatic nitrogens is 1. The number of nitrogens with one attached hydrogen (secondary N) is 1. The third-order valence-corrected chi connectivity index (χ3v) is 3.85. The minimum Gasteiger partial charge on any atom is -0.317 e. The number of pyridine rings is 1. The third kappa shape index (κ3) is 5.70. The van der Waals surface area contributed by atoms with Gasteiger partial charge in [0.15, 0.2) is 0 Å². The lowest BCUT2D eigenvalue weighted by Crippen LogP contribution is -2.34. The van der Waals surface area contributed by atoms with Crippen LogP contribution in [0.15, 0.2) is 18.3 Å². The molecule has 1 heterocycles. The minimum absolute atomic E-state index is 0.514. The summed E-state index contributed by atoms with van der Waals surface area (Å²) in [6.45, 7) is 10.0. The van der Waals surface area contributed by atoms with Gasteiger partial charge in [0.1, 0.15) is 0 Å². The highest BCUT2D eigenvalue weighted by Gasteiger charge is 2.10. The predicted octanol–water partition coefficient (Wildman–Crippen LogP) is 2.51. The maximum Gasteiger partial charge on any atom is 0.0419 e. The number of hydrogen-bond acceptors (Lipinski definition) is 3. The number of hydrogen-bond donors (Lipinski definition) is 1. The van der Waals surface area contributed by atoms with Crippen molar-refractivity contribution in [3.8, 4) is 0 Å². The van der Waals surface area contributed by atoms with Crippen LogP contribution in [-0.2, 0) is 12.8 Å². The van der Waals surface area contributed by atoms with Gasteiger partial charge in [-0.05, 0) is 51.2 Å². The van der Waals surface area contributed by atoms with Crippen LogP contribution in [0.25, 0.3) is 0 Å². The molecule has 0 aliphatic heterocycles. The van der Waals surface area contributed by atoms with E-state index in [2.05, 4.69) is 48.1 Å². The van der Waals surface area contributed by atoms with Crippen molar-refractivity contribution in [2.24, 2.45) is 0 Å². The summed E-state index contributed by atoms with van der Waals surface area (Å²) >= 11 is 0. The maximum atomic E-state index is 4.55. The van der Waals surface area contributed by atoms with Crippen molar-refractivity contribution >= 4 is 0 Å². The summed E-state index contributed by atoms with van der Waals surface area (Å²) in [6, 6.07) is 4.88. The second-order valence-corrected chi connectivity index (χ2v) is 5.02. The molecule has 1 aromatic rings. The molecule has 0 bridgehead atoms. The van der Waals surface area contributed by atoms with E-state index in [4.69, 9.17) is 0 Å². The molecule has 19 heavy (non-hydrogen) atoms. The minimum atomic E-state index is 0.514. The molecule has 1 unspecified atom stereocenters. The van der Waals surface area contributed by atoms with Crippen molar-refractivity contribution in [1.29, 1.82) is 0 Å². The van der Waals surface area contributed by atoms with Crippen molar-refractivity contribution in [2.45, 2.75) is 46.1 Å². The Morgan fingerprint density at radius 1 is 1.21 bits per heavy atom. The van der Waals surface area contributed by atoms with Crippen molar-refractivity contribution in [3.63, 3.8) is 0 Å². The molecule has 1 N–H and O–H groups in total. The third-order valence-electron chi connectivity index (χ3n) is 3.85. The second-order valence-electron chi connectivity index (χ2n) is 5.02. The van der Waals surface area contributed by atoms with Crippen LogP contribution in [0.3, 0.4) is 0 Å². The van der Waals surface area contributed by atoms with E-state index in [1.165, 1.54) is 17.7 Å². The average molecular weight is 263 g/mol. The fraction of sp³-hybridized carbons (Fsp3) is 0.688. The van der Waals surface area contributed by atoms with Gasteiger partial charge in [-0.3, -0.25) is 4.98 Å². The molecule has 1 aromatic heterocycles. The molecule has 0 fully saturated rings. The first kappa shape index (κ1) is 16.1. The number of likely N-dealkylation sites (N-methyl/N-ethyl adjacent to an activating group) is 1. The van der Waals surface area contributed by atoms with Crippen molar-refractivity contribution in [1.82, 2.24) is 15.2 Å². The Kier molecular flexibility index (Phi) is 7.68. The van der Waals surface area contributed by atoms with Crippen LogP contribution in [0.2, 0.25) is 0 Å². The highest BCUT2D eigenvalue weighted by atomic mass is 15.1. The van der Waals surface area contributed by atoms with Gasteiger partial charge in [-0.2, -0.15) is 0 Å². The first-order valence-corrected chi connectivity index (χ1v) is 7.56. The van der Waals surface area contributed by atoms with Gasteiger partial charge in [0.05, 0.1) is 0 Å². The highest BCUT2D eigenvalue weighted by Crippen LogP contribution is 2.06. The van der Waals surface area contributed by atoms with Gasteiger partial charge in [0.2, 0.25) is 0 Å². The van der Waals surface area contributed by atoms with Crippen molar-refractivity contribution in [2.75, 3.05) is 26.7 Å². The van der Waals surface area contributed by atoms with Crippen LogP contribution in [0, 0.1) is 0 Å². The van der Waals surface area contributed by atoms with Gasteiger partial charge < -0.3 is 10.2 Å². The summed E-state index contributed by atoms with van der Waals surface area (Å²) in [6.07, 6.45) is 5.26. The van der Waals surface area contributed by atoms with Crippen LogP contribution in [-0.4, -0.2) is 42.6 Å². The average Bonchev–Trinajstić information content (AvgIpc) is 2.47. The lowest BCUT2D eigenvalue weighted by atomic mass is 10.1. The zero-order valence-corrected chi connectivity index (χ0v) is 12.9. The first-order valence-electron chi connectivity index (χ1n) is 7.56. The van der Waals surface area contributed by atoms with Crippen molar-refractivity contribution < 1.29 is 0 Å². The summed E-state index contributed by atoms with van der Waals surface area (Å²) < 4.78 is 0. The van der Waals surface area contributed by atoms with Crippen LogP contribution in [0.4, 0.5) is 0 Å². The molecule has 0 saturated carbocycles. The molecule has 0 amide bonds. The Hall–Kier alpha value is -0.930. The largest absolute Gasteiger partial charge is 0.317 e. The van der Waals surface area contributed by atoms with E-state index in [1.54, 1.807) is 0 Å². The fourth-order valence-electron chi connectivity index (χ4n) is 2.26. The molecule has 3 nitrogen and oxygen atoms in total. The summed E-state index contributed by atoms with van der Waals surface area (Å²) in [5, 5.41) is 3.42. The van der Waals surface area contributed by atoms with E-state index in [9.17, 15) is 0 Å². The Labute approximate surface area is 118 Å². The molecule has 108 valence electrons. The number of nitrogens with zero attached hydrogens (tertiary/aromatic N) is 2. The van der Waals surface area contributed by atoms with Crippen LogP contribution < -0.4 is 5.32 Å². The number of aryl methyl sites for hydroxylation is 1. The molecule has 0 spiro atoms. The van der Waals surface area contributed by atoms with Gasteiger partial charge in [0.25, 0.3) is 0 Å². The van der Waals surface area contributed by atoms with E-state index in [0.29, 0.717) is 6.04 Å². The molecular weight excluding hydrogens is 234 g/mol. The summed E-state index contributed by atoms with van der Waals surface area (Å²) in [5.74, 6) is 0. The van der Waals surface area contributed by atoms with E-state index < -0.39 is 0 Å². The standard InChI is InChI=1S/C16H29N3/c1-5-14-8-9-16(18-13-14)12-15(17-4)10-11-19(6-2)7-3/h8-9,13,15,17H,5-7,10-12H2,1-4H3. The Bertz CT molecular complexity index is 330. The summed E-state index contributed by atoms with van der Waals surface area (Å²) in [5.41, 5.74) is 2.50. The quantitative estimate of drug-likeness (QED) is 0.742. The molecule has 1 rings (SSSR count). The predicted molar refractivity (Wildman–Crippen MR) is 82.6 cm³/mol. The van der Waals surface area contributed by atoms with E-state index in [-0.39, 0.29) is 0 Å². The molecule has 0 aliphatic carbocycles. The molecule has 1 atom stereocenters. The molecule has 0 saturated heterocycles. The Morgan fingerprint density at radius 3 is 2.42 bits per heavy atom. The molecular formula is C16H29N3. The van der Waals surface area contributed by atoms with Crippen LogP contribution in [0.1, 0.15) is 38.4 Å². The molecule has 0 radical (unpaired) electrons. The molecule has 0 aliphatic rings. The van der Waals surface area contributed by atoms with E-state index >= 15 is 0 Å². The smallest absolute Gasteiger partial charge is 0.0419 e. The SMILES string of the molecule is CCc1ccc(CC(CCN(CC)CC)NC)nc1. The normalized spacial score (nSPS) is 12.9. The van der Waals surface area contributed by atoms with E-state index in [0.717, 1.165) is 32.5 Å². The van der Waals surface area contributed by atoms with Crippen LogP contribution in [0.5, 0.6) is 0 Å². The first-order chi connectivity index (χ1) is 9.23. The lowest BCUT2D eigenvalue weighted by molar-refractivity contribution is 0.283. The van der Waals surface area contributed by atoms with Crippen molar-refractivity contribution in [3.05, 3.63) is 29.6 Å². The monoisotopic (exact) mass is 263 g/mol. The maximum absolute atomic E-state index is 4.55. The topological polar surface area (TPSA) is 28.2 Å². The Morgan fingerprint density at radius 2 is 1.95 bits per heavy atom. The summed E-state index contributed by atoms with van der Waals surface area (Å²) in [4.78, 5) is 7.02. The lowest BCUT2D eigenvalue weighted by Gasteiger charge is -2.22. The molecule has 0 aromatic carbocycles. The Balaban J connectivity index is 2.46. The van der Waals surface area contributed by atoms with Gasteiger partial charge in [-0.25, -0.2) is 0 Å². The number of rotatable bonds is 9. The van der Waals surface area contributed by atoms with Gasteiger partial charge >= 0.3 is 0 Å². The van der Waals surface area contributed by atoms with Crippen LogP contribution >= 0.6 is 0 Å². The highest BCUT2D eigenvalue weighted by molar-refractivity contribution is 5.14. The van der Waals surface area contributed by atoms with Gasteiger partial charge in [0, 0.05) is 24.4 Å². The van der Waals surface area contributed by atoms with Gasteiger partial charge in [-0.1, -0.05) is 26.8 Å². The van der Waals surface area contributed by atoms with E-state index in [1.807, 2.05) is 13.2 Å². The zero-order valence-electron chi connectivity index (χ0n) is 12.9. The zero-order chi connectivity index (χ0) is 14.1. The fourth-order valence-corrected chi connectivity index (χ4v) is 2.26. The van der Waals surface area contributed by atoms with Gasteiger partial charge in [-0.15, -0.1) is 0 Å². The second kappa shape index (κ2) is 9.05. The summed E-state index contributed by atoms with van der Waals surface area (Å²) in [7, 11) is 2.05. The molecule has 3 heteroatoms.